The Morgan fingerprint density at radius 1 is 1.10 bits per heavy atom. The van der Waals surface area contributed by atoms with Crippen molar-refractivity contribution in [1.29, 1.82) is 0 Å². The number of nitrogens with zero attached hydrogens (tertiary/aromatic N) is 1. The van der Waals surface area contributed by atoms with Gasteiger partial charge >= 0.3 is 0 Å². The average Bonchev–Trinajstić information content (AvgIpc) is 3.32. The maximum absolute atomic E-state index is 12.4. The van der Waals surface area contributed by atoms with Crippen molar-refractivity contribution in [2.45, 2.75) is 19.0 Å². The molecule has 0 aliphatic carbocycles. The second-order valence-corrected chi connectivity index (χ2v) is 8.11. The first-order valence-corrected chi connectivity index (χ1v) is 11.0. The van der Waals surface area contributed by atoms with E-state index >= 15 is 0 Å². The zero-order chi connectivity index (χ0) is 20.8. The van der Waals surface area contributed by atoms with E-state index in [1.165, 1.54) is 16.7 Å². The Morgan fingerprint density at radius 3 is 2.60 bits per heavy atom. The van der Waals surface area contributed by atoms with Gasteiger partial charge in [0.2, 0.25) is 0 Å². The van der Waals surface area contributed by atoms with Crippen molar-refractivity contribution >= 4 is 17.2 Å². The van der Waals surface area contributed by atoms with E-state index in [9.17, 15) is 4.79 Å². The number of hydrogen-bond acceptors (Lipinski definition) is 5. The van der Waals surface area contributed by atoms with Gasteiger partial charge in [0, 0.05) is 19.6 Å². The number of carbonyl (C=O) groups excluding carboxylic acids is 1. The zero-order valence-electron chi connectivity index (χ0n) is 17.0. The molecule has 1 amide bonds. The fourth-order valence-electron chi connectivity index (χ4n) is 3.79. The molecule has 0 spiro atoms. The van der Waals surface area contributed by atoms with Gasteiger partial charge in [-0.15, -0.1) is 0 Å². The molecule has 0 bridgehead atoms. The van der Waals surface area contributed by atoms with Crippen LogP contribution < -0.4 is 14.8 Å². The number of nitrogens with one attached hydrogen (secondary N) is 1. The molecule has 2 aromatic carbocycles. The van der Waals surface area contributed by atoms with Crippen LogP contribution in [0.1, 0.15) is 22.7 Å². The standard InChI is InChI=1S/C24H26N2O3S/c1-28-21-6-8-22(9-7-21)29-16-24(27)25-14-23(20-11-13-30-17-20)26-12-10-18-4-2-3-5-19(18)15-26/h2-9,11,13,17,23H,10,12,14-16H2,1H3,(H,25,27)/t23-/m1/s1. The Labute approximate surface area is 181 Å². The van der Waals surface area contributed by atoms with Crippen molar-refractivity contribution < 1.29 is 14.3 Å². The molecule has 0 saturated heterocycles. The van der Waals surface area contributed by atoms with Crippen LogP contribution in [0.2, 0.25) is 0 Å². The summed E-state index contributed by atoms with van der Waals surface area (Å²) >= 11 is 1.69. The number of benzene rings is 2. The van der Waals surface area contributed by atoms with Crippen LogP contribution >= 0.6 is 11.3 Å². The molecule has 2 heterocycles. The number of carbonyl (C=O) groups is 1. The summed E-state index contributed by atoms with van der Waals surface area (Å²) in [6.45, 7) is 2.43. The first kappa shape index (κ1) is 20.4. The number of fused-ring (bicyclic) bond motifs is 1. The van der Waals surface area contributed by atoms with Gasteiger partial charge < -0.3 is 14.8 Å². The van der Waals surface area contributed by atoms with Crippen LogP contribution in [0.25, 0.3) is 0 Å². The van der Waals surface area contributed by atoms with Gasteiger partial charge in [0.15, 0.2) is 6.61 Å². The van der Waals surface area contributed by atoms with Gasteiger partial charge in [-0.25, -0.2) is 0 Å². The van der Waals surface area contributed by atoms with Crippen LogP contribution in [-0.2, 0) is 17.8 Å². The number of ether oxygens (including phenoxy) is 2. The van der Waals surface area contributed by atoms with Gasteiger partial charge in [-0.05, 0) is 64.2 Å². The van der Waals surface area contributed by atoms with Crippen molar-refractivity contribution in [3.05, 3.63) is 82.0 Å². The second-order valence-electron chi connectivity index (χ2n) is 7.33. The lowest BCUT2D eigenvalue weighted by Gasteiger charge is -2.35. The predicted octanol–water partition coefficient (Wildman–Crippen LogP) is 4.05. The van der Waals surface area contributed by atoms with Gasteiger partial charge in [0.25, 0.3) is 5.91 Å². The van der Waals surface area contributed by atoms with E-state index < -0.39 is 0 Å². The molecule has 1 aliphatic heterocycles. The summed E-state index contributed by atoms with van der Waals surface area (Å²) in [6, 6.07) is 18.1. The van der Waals surface area contributed by atoms with Gasteiger partial charge in [-0.2, -0.15) is 11.3 Å². The fourth-order valence-corrected chi connectivity index (χ4v) is 4.50. The lowest BCUT2D eigenvalue weighted by atomic mass is 9.97. The minimum atomic E-state index is -0.122. The monoisotopic (exact) mass is 422 g/mol. The smallest absolute Gasteiger partial charge is 0.258 e. The minimum Gasteiger partial charge on any atom is -0.497 e. The van der Waals surface area contributed by atoms with E-state index in [-0.39, 0.29) is 18.6 Å². The molecule has 4 rings (SSSR count). The largest absolute Gasteiger partial charge is 0.497 e. The summed E-state index contributed by atoms with van der Waals surface area (Å²) in [4.78, 5) is 14.9. The molecule has 1 atom stereocenters. The molecule has 6 heteroatoms. The summed E-state index contributed by atoms with van der Waals surface area (Å²) in [7, 11) is 1.62. The number of thiophene rings is 1. The lowest BCUT2D eigenvalue weighted by Crippen LogP contribution is -2.41. The first-order valence-electron chi connectivity index (χ1n) is 10.1. The van der Waals surface area contributed by atoms with Crippen molar-refractivity contribution in [2.75, 3.05) is 26.8 Å². The fraction of sp³-hybridized carbons (Fsp3) is 0.292. The molecular formula is C24H26N2O3S. The van der Waals surface area contributed by atoms with E-state index in [2.05, 4.69) is 51.3 Å². The Bertz CT molecular complexity index is 957. The zero-order valence-corrected chi connectivity index (χ0v) is 17.9. The third-order valence-electron chi connectivity index (χ3n) is 5.45. The predicted molar refractivity (Wildman–Crippen MR) is 119 cm³/mol. The average molecular weight is 423 g/mol. The van der Waals surface area contributed by atoms with Crippen LogP contribution in [-0.4, -0.2) is 37.6 Å². The molecule has 0 unspecified atom stereocenters. The van der Waals surface area contributed by atoms with Crippen LogP contribution in [0.15, 0.2) is 65.4 Å². The summed E-state index contributed by atoms with van der Waals surface area (Å²) in [6.07, 6.45) is 1.03. The maximum atomic E-state index is 12.4. The molecule has 1 aromatic heterocycles. The van der Waals surface area contributed by atoms with Gasteiger partial charge in [-0.1, -0.05) is 24.3 Å². The number of hydrogen-bond donors (Lipinski definition) is 1. The van der Waals surface area contributed by atoms with Gasteiger partial charge in [-0.3, -0.25) is 9.69 Å². The highest BCUT2D eigenvalue weighted by Crippen LogP contribution is 2.28. The maximum Gasteiger partial charge on any atom is 0.258 e. The molecule has 0 fully saturated rings. The van der Waals surface area contributed by atoms with Crippen molar-refractivity contribution in [1.82, 2.24) is 10.2 Å². The number of methoxy groups -OCH3 is 1. The van der Waals surface area contributed by atoms with Crippen LogP contribution in [0.3, 0.4) is 0 Å². The molecule has 156 valence electrons. The quantitative estimate of drug-likeness (QED) is 0.595. The lowest BCUT2D eigenvalue weighted by molar-refractivity contribution is -0.123. The van der Waals surface area contributed by atoms with E-state index in [0.29, 0.717) is 12.3 Å². The Balaban J connectivity index is 1.35. The third-order valence-corrected chi connectivity index (χ3v) is 6.15. The molecule has 5 nitrogen and oxygen atoms in total. The normalized spacial score (nSPS) is 14.6. The Kier molecular flexibility index (Phi) is 6.67. The summed E-state index contributed by atoms with van der Waals surface area (Å²) in [5, 5.41) is 7.32. The molecule has 0 radical (unpaired) electrons. The molecule has 0 saturated carbocycles. The van der Waals surface area contributed by atoms with Crippen molar-refractivity contribution in [3.8, 4) is 11.5 Å². The highest BCUT2D eigenvalue weighted by Gasteiger charge is 2.25. The van der Waals surface area contributed by atoms with Crippen molar-refractivity contribution in [2.24, 2.45) is 0 Å². The Morgan fingerprint density at radius 2 is 1.87 bits per heavy atom. The first-order chi connectivity index (χ1) is 14.7. The minimum absolute atomic E-state index is 0.00841. The highest BCUT2D eigenvalue weighted by molar-refractivity contribution is 7.07. The summed E-state index contributed by atoms with van der Waals surface area (Å²) in [5.74, 6) is 1.28. The van der Waals surface area contributed by atoms with E-state index in [1.807, 2.05) is 12.1 Å². The number of amides is 1. The van der Waals surface area contributed by atoms with Crippen LogP contribution in [0.4, 0.5) is 0 Å². The van der Waals surface area contributed by atoms with E-state index in [4.69, 9.17) is 9.47 Å². The third kappa shape index (κ3) is 5.01. The van der Waals surface area contributed by atoms with E-state index in [1.54, 1.807) is 30.6 Å². The molecule has 1 aliphatic rings. The Hall–Kier alpha value is -2.83. The van der Waals surface area contributed by atoms with Crippen LogP contribution in [0.5, 0.6) is 11.5 Å². The molecule has 1 N–H and O–H groups in total. The second kappa shape index (κ2) is 9.78. The van der Waals surface area contributed by atoms with Gasteiger partial charge in [0.05, 0.1) is 13.2 Å². The van der Waals surface area contributed by atoms with Crippen molar-refractivity contribution in [3.63, 3.8) is 0 Å². The molecule has 30 heavy (non-hydrogen) atoms. The molecule has 3 aromatic rings. The van der Waals surface area contributed by atoms with E-state index in [0.717, 1.165) is 25.3 Å². The summed E-state index contributed by atoms with van der Waals surface area (Å²) < 4.78 is 10.7. The van der Waals surface area contributed by atoms with Gasteiger partial charge in [0.1, 0.15) is 11.5 Å². The number of rotatable bonds is 8. The SMILES string of the molecule is COc1ccc(OCC(=O)NC[C@H](c2ccsc2)N2CCc3ccccc3C2)cc1. The highest BCUT2D eigenvalue weighted by atomic mass is 32.1. The molecular weight excluding hydrogens is 396 g/mol. The topological polar surface area (TPSA) is 50.8 Å². The summed E-state index contributed by atoms with van der Waals surface area (Å²) in [5.41, 5.74) is 4.05. The van der Waals surface area contributed by atoms with Crippen LogP contribution in [0, 0.1) is 0 Å².